The SMILES string of the molecule is CC(C)(N=C1CC(c2cc(F)cc(F)c2)N(c2ccc(OC(F)(F)F)cc2)C1=O)c1ccc(C(F)(F)F)nc1. The van der Waals surface area contributed by atoms with Crippen molar-refractivity contribution >= 4 is 17.3 Å². The quantitative estimate of drug-likeness (QED) is 0.314. The number of rotatable bonds is 5. The Bertz CT molecular complexity index is 1380. The Morgan fingerprint density at radius 3 is 2.05 bits per heavy atom. The number of anilines is 1. The van der Waals surface area contributed by atoms with Crippen molar-refractivity contribution in [1.82, 2.24) is 4.98 Å². The number of ether oxygens (including phenoxy) is 1. The average Bonchev–Trinajstić information content (AvgIpc) is 3.13. The molecule has 5 nitrogen and oxygen atoms in total. The Kier molecular flexibility index (Phi) is 7.13. The van der Waals surface area contributed by atoms with Crippen LogP contribution < -0.4 is 9.64 Å². The lowest BCUT2D eigenvalue weighted by Crippen LogP contribution is -2.30. The van der Waals surface area contributed by atoms with E-state index in [9.17, 15) is 39.9 Å². The topological polar surface area (TPSA) is 54.8 Å². The predicted octanol–water partition coefficient (Wildman–Crippen LogP) is 7.13. The summed E-state index contributed by atoms with van der Waals surface area (Å²) in [5.41, 5.74) is -1.98. The van der Waals surface area contributed by atoms with Crippen LogP contribution in [0.2, 0.25) is 0 Å². The molecule has 39 heavy (non-hydrogen) atoms. The highest BCUT2D eigenvalue weighted by Crippen LogP contribution is 2.39. The number of carbonyl (C=O) groups is 1. The van der Waals surface area contributed by atoms with Crippen LogP contribution >= 0.6 is 0 Å². The highest BCUT2D eigenvalue weighted by atomic mass is 19.4. The van der Waals surface area contributed by atoms with Gasteiger partial charge in [0.15, 0.2) is 0 Å². The van der Waals surface area contributed by atoms with Crippen LogP contribution in [0.15, 0.2) is 65.8 Å². The monoisotopic (exact) mass is 557 g/mol. The van der Waals surface area contributed by atoms with Gasteiger partial charge < -0.3 is 4.74 Å². The molecule has 0 saturated carbocycles. The van der Waals surface area contributed by atoms with Crippen LogP contribution in [0.3, 0.4) is 0 Å². The summed E-state index contributed by atoms with van der Waals surface area (Å²) in [6.07, 6.45) is -8.75. The van der Waals surface area contributed by atoms with Gasteiger partial charge in [-0.1, -0.05) is 6.07 Å². The summed E-state index contributed by atoms with van der Waals surface area (Å²) < 4.78 is 108. The molecule has 1 atom stereocenters. The molecule has 1 unspecified atom stereocenters. The summed E-state index contributed by atoms with van der Waals surface area (Å²) in [5.74, 6) is -3.07. The maximum Gasteiger partial charge on any atom is 0.573 e. The van der Waals surface area contributed by atoms with Crippen molar-refractivity contribution < 1.29 is 44.7 Å². The number of amides is 1. The van der Waals surface area contributed by atoms with E-state index in [0.29, 0.717) is 6.07 Å². The number of benzene rings is 2. The van der Waals surface area contributed by atoms with Crippen LogP contribution in [-0.2, 0) is 16.5 Å². The molecule has 1 saturated heterocycles. The Hall–Kier alpha value is -4.03. The van der Waals surface area contributed by atoms with E-state index in [-0.39, 0.29) is 28.9 Å². The molecule has 0 radical (unpaired) electrons. The first-order chi connectivity index (χ1) is 18.0. The molecule has 2 heterocycles. The zero-order valence-electron chi connectivity index (χ0n) is 20.2. The normalized spacial score (nSPS) is 17.7. The third-order valence-electron chi connectivity index (χ3n) is 5.96. The van der Waals surface area contributed by atoms with Crippen LogP contribution in [0.5, 0.6) is 5.75 Å². The number of nitrogens with zero attached hydrogens (tertiary/aromatic N) is 3. The number of carbonyl (C=O) groups excluding carboxylic acids is 1. The van der Waals surface area contributed by atoms with E-state index in [4.69, 9.17) is 0 Å². The number of aliphatic imine (C=N–C) groups is 1. The molecule has 0 N–H and O–H groups in total. The molecule has 4 rings (SSSR count). The maximum atomic E-state index is 14.0. The Labute approximate surface area is 216 Å². The maximum absolute atomic E-state index is 14.0. The lowest BCUT2D eigenvalue weighted by Gasteiger charge is -2.25. The number of halogens is 8. The summed E-state index contributed by atoms with van der Waals surface area (Å²) in [4.78, 5) is 22.5. The Balaban J connectivity index is 1.73. The molecule has 1 aromatic heterocycles. The van der Waals surface area contributed by atoms with Gasteiger partial charge in [0, 0.05) is 24.4 Å². The van der Waals surface area contributed by atoms with Gasteiger partial charge in [-0.25, -0.2) is 8.78 Å². The van der Waals surface area contributed by atoms with Crippen molar-refractivity contribution in [2.45, 2.75) is 44.4 Å². The van der Waals surface area contributed by atoms with E-state index in [0.717, 1.165) is 41.4 Å². The van der Waals surface area contributed by atoms with Gasteiger partial charge >= 0.3 is 12.5 Å². The second-order valence-electron chi connectivity index (χ2n) is 9.19. The van der Waals surface area contributed by atoms with E-state index in [1.165, 1.54) is 18.2 Å². The summed E-state index contributed by atoms with van der Waals surface area (Å²) in [5, 5.41) is 0. The van der Waals surface area contributed by atoms with Gasteiger partial charge in [-0.15, -0.1) is 13.2 Å². The largest absolute Gasteiger partial charge is 0.573 e. The van der Waals surface area contributed by atoms with Gasteiger partial charge in [0.2, 0.25) is 0 Å². The van der Waals surface area contributed by atoms with Crippen molar-refractivity contribution in [2.24, 2.45) is 4.99 Å². The molecule has 206 valence electrons. The minimum atomic E-state index is -4.94. The van der Waals surface area contributed by atoms with Crippen LogP contribution in [0.25, 0.3) is 0 Å². The number of pyridine rings is 1. The highest BCUT2D eigenvalue weighted by molar-refractivity contribution is 6.46. The zero-order chi connectivity index (χ0) is 28.8. The molecular formula is C26H19F8N3O2. The second-order valence-corrected chi connectivity index (χ2v) is 9.19. The molecule has 1 aliphatic rings. The smallest absolute Gasteiger partial charge is 0.406 e. The van der Waals surface area contributed by atoms with E-state index in [2.05, 4.69) is 14.7 Å². The molecule has 1 fully saturated rings. The van der Waals surface area contributed by atoms with Crippen molar-refractivity contribution in [1.29, 1.82) is 0 Å². The lowest BCUT2D eigenvalue weighted by atomic mass is 9.95. The molecule has 3 aromatic rings. The first-order valence-corrected chi connectivity index (χ1v) is 11.3. The molecule has 2 aromatic carbocycles. The van der Waals surface area contributed by atoms with E-state index in [1.54, 1.807) is 13.8 Å². The standard InChI is InChI=1S/C26H19F8N3O2/c1-24(2,15-3-8-22(35-13-15)25(29,30)31)36-20-12-21(14-9-16(27)11-17(28)10-14)37(23(20)38)18-4-6-19(7-5-18)39-26(32,33)34/h3-11,13,21H,12H2,1-2H3. The van der Waals surface area contributed by atoms with Gasteiger partial charge in [0.05, 0.1) is 11.6 Å². The fraction of sp³-hybridized carbons (Fsp3) is 0.269. The van der Waals surface area contributed by atoms with Gasteiger partial charge in [-0.3, -0.25) is 19.7 Å². The number of hydrogen-bond acceptors (Lipinski definition) is 4. The van der Waals surface area contributed by atoms with Crippen LogP contribution in [0.1, 0.15) is 43.1 Å². The number of hydrogen-bond donors (Lipinski definition) is 0. The summed E-state index contributed by atoms with van der Waals surface area (Å²) in [6, 6.07) is 7.95. The fourth-order valence-electron chi connectivity index (χ4n) is 4.20. The van der Waals surface area contributed by atoms with Gasteiger partial charge in [0.25, 0.3) is 5.91 Å². The molecular weight excluding hydrogens is 538 g/mol. The summed E-state index contributed by atoms with van der Waals surface area (Å²) >= 11 is 0. The first kappa shape index (κ1) is 28.0. The van der Waals surface area contributed by atoms with Crippen molar-refractivity contribution in [3.63, 3.8) is 0 Å². The molecule has 0 spiro atoms. The van der Waals surface area contributed by atoms with Crippen molar-refractivity contribution in [2.75, 3.05) is 4.90 Å². The number of alkyl halides is 6. The minimum absolute atomic E-state index is 0.0646. The Morgan fingerprint density at radius 1 is 0.923 bits per heavy atom. The van der Waals surface area contributed by atoms with Crippen molar-refractivity contribution in [3.05, 3.63) is 89.2 Å². The minimum Gasteiger partial charge on any atom is -0.406 e. The van der Waals surface area contributed by atoms with Gasteiger partial charge in [-0.2, -0.15) is 13.2 Å². The van der Waals surface area contributed by atoms with E-state index in [1.807, 2.05) is 0 Å². The Morgan fingerprint density at radius 2 is 1.54 bits per heavy atom. The molecule has 13 heteroatoms. The third kappa shape index (κ3) is 6.35. The van der Waals surface area contributed by atoms with E-state index < -0.39 is 53.1 Å². The molecule has 0 bridgehead atoms. The molecule has 1 amide bonds. The van der Waals surface area contributed by atoms with Gasteiger partial charge in [0.1, 0.15) is 28.8 Å². The van der Waals surface area contributed by atoms with Crippen LogP contribution in [0.4, 0.5) is 40.8 Å². The molecule has 0 aliphatic carbocycles. The van der Waals surface area contributed by atoms with Crippen LogP contribution in [0, 0.1) is 11.6 Å². The third-order valence-corrected chi connectivity index (χ3v) is 5.96. The predicted molar refractivity (Wildman–Crippen MR) is 124 cm³/mol. The zero-order valence-corrected chi connectivity index (χ0v) is 20.2. The fourth-order valence-corrected chi connectivity index (χ4v) is 4.20. The lowest BCUT2D eigenvalue weighted by molar-refractivity contribution is -0.274. The summed E-state index contributed by atoms with van der Waals surface area (Å²) in [6.45, 7) is 3.08. The van der Waals surface area contributed by atoms with E-state index >= 15 is 0 Å². The average molecular weight is 557 g/mol. The van der Waals surface area contributed by atoms with Crippen molar-refractivity contribution in [3.8, 4) is 5.75 Å². The second kappa shape index (κ2) is 9.93. The first-order valence-electron chi connectivity index (χ1n) is 11.3. The van der Waals surface area contributed by atoms with Gasteiger partial charge in [-0.05, 0) is 67.4 Å². The molecule has 1 aliphatic heterocycles. The summed E-state index contributed by atoms with van der Waals surface area (Å²) in [7, 11) is 0. The highest BCUT2D eigenvalue weighted by Gasteiger charge is 2.41. The number of aromatic nitrogens is 1. The van der Waals surface area contributed by atoms with Crippen LogP contribution in [-0.4, -0.2) is 23.0 Å².